The Morgan fingerprint density at radius 2 is 2.05 bits per heavy atom. The lowest BCUT2D eigenvalue weighted by Gasteiger charge is -2.24. The van der Waals surface area contributed by atoms with E-state index in [0.29, 0.717) is 0 Å². The molecule has 0 aliphatic rings. The van der Waals surface area contributed by atoms with E-state index >= 15 is 0 Å². The maximum absolute atomic E-state index is 10.9. The van der Waals surface area contributed by atoms with E-state index < -0.39 is 4.92 Å². The van der Waals surface area contributed by atoms with Crippen LogP contribution in [-0.4, -0.2) is 9.91 Å². The van der Waals surface area contributed by atoms with E-state index in [0.717, 1.165) is 21.1 Å². The van der Waals surface area contributed by atoms with Crippen molar-refractivity contribution in [2.24, 2.45) is 11.1 Å². The highest BCUT2D eigenvalue weighted by molar-refractivity contribution is 7.12. The average Bonchev–Trinajstić information content (AvgIpc) is 2.79. The summed E-state index contributed by atoms with van der Waals surface area (Å²) in [6.45, 7) is 8.18. The van der Waals surface area contributed by atoms with Crippen molar-refractivity contribution in [2.45, 2.75) is 33.7 Å². The molecule has 0 aliphatic heterocycles. The molecule has 2 aromatic rings. The first-order valence-corrected chi connectivity index (χ1v) is 7.49. The first-order chi connectivity index (χ1) is 9.70. The zero-order valence-corrected chi connectivity index (χ0v) is 13.4. The van der Waals surface area contributed by atoms with Crippen molar-refractivity contribution in [3.8, 4) is 11.3 Å². The maximum Gasteiger partial charge on any atom is 0.270 e. The van der Waals surface area contributed by atoms with E-state index in [4.69, 9.17) is 5.73 Å². The number of aryl methyl sites for hydroxylation is 1. The van der Waals surface area contributed by atoms with Crippen molar-refractivity contribution >= 4 is 17.0 Å². The summed E-state index contributed by atoms with van der Waals surface area (Å²) in [5, 5.41) is 11.7. The van der Waals surface area contributed by atoms with Crippen LogP contribution in [0.3, 0.4) is 0 Å². The van der Waals surface area contributed by atoms with E-state index in [9.17, 15) is 10.1 Å². The molecule has 1 unspecified atom stereocenters. The van der Waals surface area contributed by atoms with Crippen molar-refractivity contribution in [3.63, 3.8) is 0 Å². The van der Waals surface area contributed by atoms with E-state index in [1.165, 1.54) is 6.07 Å². The van der Waals surface area contributed by atoms with Crippen LogP contribution < -0.4 is 5.73 Å². The van der Waals surface area contributed by atoms with Crippen LogP contribution in [0.2, 0.25) is 0 Å². The highest BCUT2D eigenvalue weighted by atomic mass is 32.1. The third-order valence-corrected chi connectivity index (χ3v) is 4.40. The van der Waals surface area contributed by atoms with Crippen molar-refractivity contribution in [1.29, 1.82) is 0 Å². The topological polar surface area (TPSA) is 82.0 Å². The van der Waals surface area contributed by atoms with Gasteiger partial charge in [-0.1, -0.05) is 32.9 Å². The summed E-state index contributed by atoms with van der Waals surface area (Å²) < 4.78 is 0. The summed E-state index contributed by atoms with van der Waals surface area (Å²) in [4.78, 5) is 16.1. The highest BCUT2D eigenvalue weighted by Gasteiger charge is 2.26. The Morgan fingerprint density at radius 1 is 1.38 bits per heavy atom. The van der Waals surface area contributed by atoms with Gasteiger partial charge in [0, 0.05) is 22.6 Å². The zero-order chi connectivity index (χ0) is 15.8. The molecule has 6 heteroatoms. The molecule has 112 valence electrons. The fourth-order valence-corrected chi connectivity index (χ4v) is 3.15. The number of rotatable bonds is 3. The number of hydrogen-bond acceptors (Lipinski definition) is 5. The van der Waals surface area contributed by atoms with Gasteiger partial charge in [-0.05, 0) is 12.3 Å². The predicted molar refractivity (Wildman–Crippen MR) is 85.3 cm³/mol. The molecular formula is C15H19N3O2S. The van der Waals surface area contributed by atoms with E-state index in [-0.39, 0.29) is 17.1 Å². The fourth-order valence-electron chi connectivity index (χ4n) is 1.95. The van der Waals surface area contributed by atoms with Gasteiger partial charge in [0.05, 0.1) is 16.7 Å². The van der Waals surface area contributed by atoms with Gasteiger partial charge in [-0.15, -0.1) is 11.3 Å². The second-order valence-corrected chi connectivity index (χ2v) is 7.34. The molecule has 2 rings (SSSR count). The standard InChI is InChI=1S/C15H19N3O2S/c1-9-12(10-6-5-7-11(8-10)18(19)20)17-14(21-9)13(16)15(2,3)4/h5-8,13H,16H2,1-4H3. The van der Waals surface area contributed by atoms with E-state index in [1.54, 1.807) is 23.5 Å². The number of nitrogens with two attached hydrogens (primary N) is 1. The van der Waals surface area contributed by atoms with Gasteiger partial charge in [0.15, 0.2) is 0 Å². The van der Waals surface area contributed by atoms with Gasteiger partial charge in [-0.3, -0.25) is 10.1 Å². The predicted octanol–water partition coefficient (Wildman–Crippen LogP) is 4.07. The lowest BCUT2D eigenvalue weighted by atomic mass is 9.88. The molecule has 1 atom stereocenters. The molecule has 0 spiro atoms. The molecule has 0 saturated carbocycles. The number of thiazole rings is 1. The minimum atomic E-state index is -0.396. The van der Waals surface area contributed by atoms with Crippen LogP contribution in [0.1, 0.15) is 36.7 Å². The monoisotopic (exact) mass is 305 g/mol. The quantitative estimate of drug-likeness (QED) is 0.684. The summed E-state index contributed by atoms with van der Waals surface area (Å²) >= 11 is 1.55. The number of nitro benzene ring substituents is 1. The Hall–Kier alpha value is -1.79. The molecule has 2 N–H and O–H groups in total. The molecule has 0 bridgehead atoms. The molecular weight excluding hydrogens is 286 g/mol. The Bertz CT molecular complexity index is 674. The van der Waals surface area contributed by atoms with Crippen LogP contribution in [0.25, 0.3) is 11.3 Å². The third kappa shape index (κ3) is 3.28. The van der Waals surface area contributed by atoms with Gasteiger partial charge in [0.2, 0.25) is 0 Å². The van der Waals surface area contributed by atoms with Gasteiger partial charge in [-0.25, -0.2) is 4.98 Å². The number of nitrogens with zero attached hydrogens (tertiary/aromatic N) is 2. The highest BCUT2D eigenvalue weighted by Crippen LogP contribution is 2.37. The Kier molecular flexibility index (Phi) is 4.11. The zero-order valence-electron chi connectivity index (χ0n) is 12.6. The van der Waals surface area contributed by atoms with Gasteiger partial charge >= 0.3 is 0 Å². The van der Waals surface area contributed by atoms with Crippen molar-refractivity contribution in [1.82, 2.24) is 4.98 Å². The minimum Gasteiger partial charge on any atom is -0.322 e. The number of benzene rings is 1. The molecule has 1 aromatic heterocycles. The summed E-state index contributed by atoms with van der Waals surface area (Å²) in [6, 6.07) is 6.38. The summed E-state index contributed by atoms with van der Waals surface area (Å²) in [5.74, 6) is 0. The molecule has 5 nitrogen and oxygen atoms in total. The number of non-ortho nitro benzene ring substituents is 1. The number of hydrogen-bond donors (Lipinski definition) is 1. The molecule has 0 radical (unpaired) electrons. The molecule has 0 aliphatic carbocycles. The molecule has 0 amide bonds. The number of aromatic nitrogens is 1. The van der Waals surface area contributed by atoms with Crippen molar-refractivity contribution < 1.29 is 4.92 Å². The first-order valence-electron chi connectivity index (χ1n) is 6.68. The van der Waals surface area contributed by atoms with Crippen LogP contribution in [0.5, 0.6) is 0 Å². The molecule has 0 saturated heterocycles. The minimum absolute atomic E-state index is 0.0709. The Labute approximate surface area is 128 Å². The smallest absolute Gasteiger partial charge is 0.270 e. The SMILES string of the molecule is Cc1sc(C(N)C(C)(C)C)nc1-c1cccc([N+](=O)[O-])c1. The fraction of sp³-hybridized carbons (Fsp3) is 0.400. The van der Waals surface area contributed by atoms with Crippen LogP contribution in [0.15, 0.2) is 24.3 Å². The van der Waals surface area contributed by atoms with Crippen LogP contribution in [-0.2, 0) is 0 Å². The van der Waals surface area contributed by atoms with Gasteiger partial charge in [0.1, 0.15) is 5.01 Å². The molecule has 0 fully saturated rings. The Balaban J connectivity index is 2.44. The molecule has 1 aromatic carbocycles. The summed E-state index contributed by atoms with van der Waals surface area (Å²) in [5.41, 5.74) is 7.77. The van der Waals surface area contributed by atoms with E-state index in [1.807, 2.05) is 13.0 Å². The maximum atomic E-state index is 10.9. The van der Waals surface area contributed by atoms with Crippen molar-refractivity contribution in [2.75, 3.05) is 0 Å². The summed E-state index contributed by atoms with van der Waals surface area (Å²) in [6.07, 6.45) is 0. The second kappa shape index (κ2) is 5.54. The van der Waals surface area contributed by atoms with Crippen LogP contribution in [0, 0.1) is 22.5 Å². The average molecular weight is 305 g/mol. The van der Waals surface area contributed by atoms with Crippen molar-refractivity contribution in [3.05, 3.63) is 44.3 Å². The molecule has 1 heterocycles. The normalized spacial score (nSPS) is 13.2. The van der Waals surface area contributed by atoms with Crippen LogP contribution >= 0.6 is 11.3 Å². The van der Waals surface area contributed by atoms with Gasteiger partial charge < -0.3 is 5.73 Å². The van der Waals surface area contributed by atoms with E-state index in [2.05, 4.69) is 25.8 Å². The van der Waals surface area contributed by atoms with Crippen LogP contribution in [0.4, 0.5) is 5.69 Å². The second-order valence-electron chi connectivity index (χ2n) is 6.11. The Morgan fingerprint density at radius 3 is 2.62 bits per heavy atom. The summed E-state index contributed by atoms with van der Waals surface area (Å²) in [7, 11) is 0. The lowest BCUT2D eigenvalue weighted by molar-refractivity contribution is -0.384. The lowest BCUT2D eigenvalue weighted by Crippen LogP contribution is -2.26. The first kappa shape index (κ1) is 15.6. The molecule has 21 heavy (non-hydrogen) atoms. The van der Waals surface area contributed by atoms with Gasteiger partial charge in [0.25, 0.3) is 5.69 Å². The largest absolute Gasteiger partial charge is 0.322 e. The van der Waals surface area contributed by atoms with Gasteiger partial charge in [-0.2, -0.15) is 0 Å². The third-order valence-electron chi connectivity index (χ3n) is 3.34. The number of nitro groups is 1.